The van der Waals surface area contributed by atoms with Crippen LogP contribution in [0.4, 0.5) is 28.4 Å². The first kappa shape index (κ1) is 24.0. The molecule has 178 valence electrons. The highest BCUT2D eigenvalue weighted by Gasteiger charge is 2.36. The van der Waals surface area contributed by atoms with Crippen LogP contribution >= 0.6 is 0 Å². The molecule has 1 aromatic rings. The maximum absolute atomic E-state index is 13.2. The molecule has 1 saturated carbocycles. The van der Waals surface area contributed by atoms with Crippen molar-refractivity contribution in [1.29, 1.82) is 0 Å². The van der Waals surface area contributed by atoms with E-state index < -0.39 is 35.6 Å². The number of urea groups is 1. The molecule has 2 N–H and O–H groups in total. The zero-order chi connectivity index (χ0) is 23.5. The highest BCUT2D eigenvalue weighted by atomic mass is 19.4. The van der Waals surface area contributed by atoms with Gasteiger partial charge in [0.25, 0.3) is 0 Å². The van der Waals surface area contributed by atoms with Gasteiger partial charge in [-0.15, -0.1) is 0 Å². The molecule has 0 radical (unpaired) electrons. The van der Waals surface area contributed by atoms with Crippen molar-refractivity contribution in [2.75, 3.05) is 18.4 Å². The standard InChI is InChI=1S/C22H30F3N3O4/c1-21(2,3)32-20(30)28-12-16(13-28)31-18-10-9-14(22(23,24)25)11-17(18)27-19(29)26-15-7-5-4-6-8-15/h9-11,15-16H,4-8,12-13H2,1-3H3,(H2,26,27,29). The van der Waals surface area contributed by atoms with E-state index in [9.17, 15) is 22.8 Å². The Kier molecular flexibility index (Phi) is 7.09. The summed E-state index contributed by atoms with van der Waals surface area (Å²) in [5, 5.41) is 5.33. The van der Waals surface area contributed by atoms with Crippen LogP contribution in [-0.2, 0) is 10.9 Å². The van der Waals surface area contributed by atoms with E-state index >= 15 is 0 Å². The second-order valence-corrected chi connectivity index (χ2v) is 9.27. The summed E-state index contributed by atoms with van der Waals surface area (Å²) in [4.78, 5) is 25.9. The second kappa shape index (κ2) is 9.46. The number of halogens is 3. The number of amides is 3. The number of alkyl halides is 3. The highest BCUT2D eigenvalue weighted by molar-refractivity contribution is 5.91. The number of benzene rings is 1. The summed E-state index contributed by atoms with van der Waals surface area (Å²) < 4.78 is 50.7. The summed E-state index contributed by atoms with van der Waals surface area (Å²) in [5.41, 5.74) is -1.58. The number of nitrogens with zero attached hydrogens (tertiary/aromatic N) is 1. The molecule has 1 aliphatic heterocycles. The number of likely N-dealkylation sites (tertiary alicyclic amines) is 1. The number of rotatable bonds is 4. The Morgan fingerprint density at radius 2 is 1.72 bits per heavy atom. The molecule has 0 atom stereocenters. The molecule has 1 heterocycles. The molecule has 0 spiro atoms. The molecule has 3 rings (SSSR count). The Balaban J connectivity index is 1.65. The Labute approximate surface area is 185 Å². The summed E-state index contributed by atoms with van der Waals surface area (Å²) >= 11 is 0. The Hall–Kier alpha value is -2.65. The number of ether oxygens (including phenoxy) is 2. The molecule has 0 unspecified atom stereocenters. The lowest BCUT2D eigenvalue weighted by atomic mass is 9.96. The van der Waals surface area contributed by atoms with Crippen LogP contribution in [0.15, 0.2) is 18.2 Å². The van der Waals surface area contributed by atoms with E-state index in [1.807, 2.05) is 0 Å². The third-order valence-corrected chi connectivity index (χ3v) is 5.29. The minimum Gasteiger partial charge on any atom is -0.485 e. The van der Waals surface area contributed by atoms with Gasteiger partial charge in [0, 0.05) is 6.04 Å². The molecule has 32 heavy (non-hydrogen) atoms. The van der Waals surface area contributed by atoms with Crippen LogP contribution in [0.2, 0.25) is 0 Å². The number of hydrogen-bond donors (Lipinski definition) is 2. The van der Waals surface area contributed by atoms with Crippen LogP contribution in [0, 0.1) is 0 Å². The van der Waals surface area contributed by atoms with E-state index in [1.165, 1.54) is 11.0 Å². The molecule has 1 saturated heterocycles. The molecule has 1 aromatic carbocycles. The predicted molar refractivity (Wildman–Crippen MR) is 113 cm³/mol. The number of anilines is 1. The first-order chi connectivity index (χ1) is 14.9. The molecule has 1 aliphatic carbocycles. The number of carbonyl (C=O) groups is 2. The van der Waals surface area contributed by atoms with Crippen molar-refractivity contribution >= 4 is 17.8 Å². The predicted octanol–water partition coefficient (Wildman–Crippen LogP) is 5.16. The lowest BCUT2D eigenvalue weighted by Gasteiger charge is -2.39. The van der Waals surface area contributed by atoms with Gasteiger partial charge in [-0.2, -0.15) is 13.2 Å². The third kappa shape index (κ3) is 6.67. The molecular weight excluding hydrogens is 427 g/mol. The molecule has 2 aliphatic rings. The second-order valence-electron chi connectivity index (χ2n) is 9.27. The molecule has 10 heteroatoms. The summed E-state index contributed by atoms with van der Waals surface area (Å²) in [6, 6.07) is 2.40. The SMILES string of the molecule is CC(C)(C)OC(=O)N1CC(Oc2ccc(C(F)(F)F)cc2NC(=O)NC2CCCCC2)C1. The van der Waals surface area contributed by atoms with Gasteiger partial charge in [-0.3, -0.25) is 0 Å². The van der Waals surface area contributed by atoms with Crippen molar-refractivity contribution in [3.63, 3.8) is 0 Å². The number of hydrogen-bond acceptors (Lipinski definition) is 4. The van der Waals surface area contributed by atoms with E-state index in [0.717, 1.165) is 44.2 Å². The Morgan fingerprint density at radius 1 is 1.06 bits per heavy atom. The topological polar surface area (TPSA) is 79.9 Å². The number of carbonyl (C=O) groups excluding carboxylic acids is 2. The van der Waals surface area contributed by atoms with Gasteiger partial charge < -0.3 is 25.0 Å². The van der Waals surface area contributed by atoms with Crippen molar-refractivity contribution in [2.45, 2.75) is 76.8 Å². The average molecular weight is 457 g/mol. The van der Waals surface area contributed by atoms with E-state index in [1.54, 1.807) is 20.8 Å². The molecule has 2 fully saturated rings. The highest BCUT2D eigenvalue weighted by Crippen LogP contribution is 2.36. The molecular formula is C22H30F3N3O4. The lowest BCUT2D eigenvalue weighted by molar-refractivity contribution is -0.137. The van der Waals surface area contributed by atoms with Gasteiger partial charge in [0.05, 0.1) is 24.3 Å². The first-order valence-corrected chi connectivity index (χ1v) is 10.8. The maximum atomic E-state index is 13.2. The van der Waals surface area contributed by atoms with Gasteiger partial charge >= 0.3 is 18.3 Å². The first-order valence-electron chi connectivity index (χ1n) is 10.8. The molecule has 0 aromatic heterocycles. The fourth-order valence-electron chi connectivity index (χ4n) is 3.67. The van der Waals surface area contributed by atoms with Crippen LogP contribution in [0.1, 0.15) is 58.4 Å². The molecule has 7 nitrogen and oxygen atoms in total. The normalized spacial score (nSPS) is 18.0. The summed E-state index contributed by atoms with van der Waals surface area (Å²) in [7, 11) is 0. The summed E-state index contributed by atoms with van der Waals surface area (Å²) in [6.07, 6.45) is -0.608. The van der Waals surface area contributed by atoms with Crippen molar-refractivity contribution in [3.8, 4) is 5.75 Å². The lowest BCUT2D eigenvalue weighted by Crippen LogP contribution is -2.57. The smallest absolute Gasteiger partial charge is 0.416 e. The van der Waals surface area contributed by atoms with Gasteiger partial charge in [-0.25, -0.2) is 9.59 Å². The minimum atomic E-state index is -4.56. The zero-order valence-corrected chi connectivity index (χ0v) is 18.6. The minimum absolute atomic E-state index is 0.00735. The van der Waals surface area contributed by atoms with E-state index in [0.29, 0.717) is 0 Å². The molecule has 3 amide bonds. The van der Waals surface area contributed by atoms with E-state index in [-0.39, 0.29) is 30.6 Å². The van der Waals surface area contributed by atoms with Gasteiger partial charge in [0.15, 0.2) is 0 Å². The van der Waals surface area contributed by atoms with Crippen molar-refractivity contribution in [2.24, 2.45) is 0 Å². The van der Waals surface area contributed by atoms with Crippen molar-refractivity contribution < 1.29 is 32.2 Å². The molecule has 0 bridgehead atoms. The average Bonchev–Trinajstić information content (AvgIpc) is 2.63. The van der Waals surface area contributed by atoms with Gasteiger partial charge in [-0.05, 0) is 51.8 Å². The van der Waals surface area contributed by atoms with Crippen LogP contribution in [0.25, 0.3) is 0 Å². The fourth-order valence-corrected chi connectivity index (χ4v) is 3.67. The van der Waals surface area contributed by atoms with Gasteiger partial charge in [0.2, 0.25) is 0 Å². The van der Waals surface area contributed by atoms with Crippen molar-refractivity contribution in [1.82, 2.24) is 10.2 Å². The largest absolute Gasteiger partial charge is 0.485 e. The summed E-state index contributed by atoms with van der Waals surface area (Å²) in [5.74, 6) is 0.116. The van der Waals surface area contributed by atoms with Crippen LogP contribution < -0.4 is 15.4 Å². The number of nitrogens with one attached hydrogen (secondary N) is 2. The monoisotopic (exact) mass is 457 g/mol. The van der Waals surface area contributed by atoms with Gasteiger partial charge in [0.1, 0.15) is 17.5 Å². The van der Waals surface area contributed by atoms with Crippen LogP contribution in [0.3, 0.4) is 0 Å². The van der Waals surface area contributed by atoms with E-state index in [4.69, 9.17) is 9.47 Å². The zero-order valence-electron chi connectivity index (χ0n) is 18.6. The maximum Gasteiger partial charge on any atom is 0.416 e. The van der Waals surface area contributed by atoms with Gasteiger partial charge in [-0.1, -0.05) is 19.3 Å². The quantitative estimate of drug-likeness (QED) is 0.655. The summed E-state index contributed by atoms with van der Waals surface area (Å²) in [6.45, 7) is 5.76. The van der Waals surface area contributed by atoms with Crippen LogP contribution in [-0.4, -0.2) is 47.9 Å². The Bertz CT molecular complexity index is 827. The van der Waals surface area contributed by atoms with Crippen molar-refractivity contribution in [3.05, 3.63) is 23.8 Å². The van der Waals surface area contributed by atoms with Crippen LogP contribution in [0.5, 0.6) is 5.75 Å². The third-order valence-electron chi connectivity index (χ3n) is 5.29. The Morgan fingerprint density at radius 3 is 2.31 bits per heavy atom. The van der Waals surface area contributed by atoms with E-state index in [2.05, 4.69) is 10.6 Å². The fraction of sp³-hybridized carbons (Fsp3) is 0.636.